The fourth-order valence-electron chi connectivity index (χ4n) is 3.64. The number of allylic oxidation sites excluding steroid dienone is 1. The van der Waals surface area contributed by atoms with Crippen molar-refractivity contribution < 1.29 is 4.74 Å². The fraction of sp³-hybridized carbons (Fsp3) is 0.238. The summed E-state index contributed by atoms with van der Waals surface area (Å²) in [7, 11) is 0. The number of morpholine rings is 1. The highest BCUT2D eigenvalue weighted by Crippen LogP contribution is 2.34. The van der Waals surface area contributed by atoms with E-state index in [2.05, 4.69) is 25.9 Å². The Kier molecular flexibility index (Phi) is 4.21. The number of nitrogens with zero attached hydrogens (tertiary/aromatic N) is 4. The summed E-state index contributed by atoms with van der Waals surface area (Å²) in [6.07, 6.45) is 7.36. The zero-order valence-corrected chi connectivity index (χ0v) is 15.3. The Morgan fingerprint density at radius 2 is 2.04 bits per heavy atom. The normalized spacial score (nSPS) is 16.6. The summed E-state index contributed by atoms with van der Waals surface area (Å²) in [6, 6.07) is 7.45. The first-order valence-corrected chi connectivity index (χ1v) is 9.30. The smallest absolute Gasteiger partial charge is 0.247 e. The molecule has 0 bridgehead atoms. The molecule has 0 radical (unpaired) electrons. The van der Waals surface area contributed by atoms with Crippen molar-refractivity contribution in [2.45, 2.75) is 0 Å². The lowest BCUT2D eigenvalue weighted by Crippen LogP contribution is -2.36. The van der Waals surface area contributed by atoms with Crippen LogP contribution in [0.2, 0.25) is 0 Å². The molecule has 3 aromatic heterocycles. The van der Waals surface area contributed by atoms with Crippen LogP contribution in [0, 0.1) is 0 Å². The van der Waals surface area contributed by atoms with E-state index < -0.39 is 0 Å². The van der Waals surface area contributed by atoms with Gasteiger partial charge in [0.25, 0.3) is 0 Å². The van der Waals surface area contributed by atoms with Crippen molar-refractivity contribution in [1.82, 2.24) is 15.0 Å². The molecular formula is C21H19N5O2. The number of aromatic nitrogens is 3. The van der Waals surface area contributed by atoms with E-state index in [4.69, 9.17) is 9.72 Å². The first-order valence-electron chi connectivity index (χ1n) is 9.30. The predicted molar refractivity (Wildman–Crippen MR) is 110 cm³/mol. The summed E-state index contributed by atoms with van der Waals surface area (Å²) in [5, 5.41) is 1.00. The van der Waals surface area contributed by atoms with Crippen molar-refractivity contribution >= 4 is 28.5 Å². The number of anilines is 1. The Morgan fingerprint density at radius 1 is 1.14 bits per heavy atom. The summed E-state index contributed by atoms with van der Waals surface area (Å²) < 4.78 is 5.49. The highest BCUT2D eigenvalue weighted by Gasteiger charge is 2.19. The minimum atomic E-state index is -0.119. The van der Waals surface area contributed by atoms with Crippen LogP contribution >= 0.6 is 0 Å². The lowest BCUT2D eigenvalue weighted by atomic mass is 10.0. The van der Waals surface area contributed by atoms with Crippen molar-refractivity contribution in [3.05, 3.63) is 58.8 Å². The fourth-order valence-corrected chi connectivity index (χ4v) is 3.64. The van der Waals surface area contributed by atoms with E-state index in [0.29, 0.717) is 19.8 Å². The summed E-state index contributed by atoms with van der Waals surface area (Å²) in [5.41, 5.74) is 4.61. The minimum absolute atomic E-state index is 0.119. The molecule has 5 rings (SSSR count). The van der Waals surface area contributed by atoms with Gasteiger partial charge in [0.15, 0.2) is 0 Å². The number of ether oxygens (including phenoxy) is 1. The molecule has 1 saturated heterocycles. The number of hydrogen-bond acceptors (Lipinski definition) is 6. The molecule has 140 valence electrons. The molecule has 0 atom stereocenters. The number of aromatic amines is 1. The van der Waals surface area contributed by atoms with Gasteiger partial charge in [-0.05, 0) is 35.4 Å². The van der Waals surface area contributed by atoms with Gasteiger partial charge in [-0.1, -0.05) is 0 Å². The lowest BCUT2D eigenvalue weighted by Gasteiger charge is -2.28. The highest BCUT2D eigenvalue weighted by molar-refractivity contribution is 6.02. The number of rotatable bonds is 3. The zero-order valence-electron chi connectivity index (χ0n) is 15.3. The maximum Gasteiger partial charge on any atom is 0.247 e. The highest BCUT2D eigenvalue weighted by atomic mass is 16.5. The SMILES string of the molecule is O=c1ccc(-c2cc(N3CCOCC3)nc3c(C4=CC=NC4)nccc23)c[nH]1. The molecule has 3 aromatic rings. The minimum Gasteiger partial charge on any atom is -0.378 e. The molecule has 7 heteroatoms. The second kappa shape index (κ2) is 7.01. The Balaban J connectivity index is 1.75. The number of aliphatic imine (C=N–C) groups is 1. The molecule has 0 spiro atoms. The average Bonchev–Trinajstić information content (AvgIpc) is 3.28. The standard InChI is InChI=1S/C21H19N5O2/c27-19-2-1-14(13-24-19)17-11-18(26-7-9-28-10-8-26)25-21-16(17)4-6-23-20(21)15-3-5-22-12-15/h1-6,11,13H,7-10,12H2,(H,24,27). The van der Waals surface area contributed by atoms with Crippen LogP contribution in [0.5, 0.6) is 0 Å². The van der Waals surface area contributed by atoms with Crippen molar-refractivity contribution in [2.75, 3.05) is 37.7 Å². The molecule has 0 saturated carbocycles. The molecule has 0 aromatic carbocycles. The van der Waals surface area contributed by atoms with Crippen molar-refractivity contribution in [1.29, 1.82) is 0 Å². The number of fused-ring (bicyclic) bond motifs is 1. The Labute approximate surface area is 161 Å². The van der Waals surface area contributed by atoms with Crippen LogP contribution in [0.15, 0.2) is 52.5 Å². The van der Waals surface area contributed by atoms with Gasteiger partial charge in [0.05, 0.1) is 31.0 Å². The second-order valence-electron chi connectivity index (χ2n) is 6.81. The molecule has 0 unspecified atom stereocenters. The van der Waals surface area contributed by atoms with Gasteiger partial charge in [0.2, 0.25) is 5.56 Å². The quantitative estimate of drug-likeness (QED) is 0.762. The molecular weight excluding hydrogens is 354 g/mol. The Morgan fingerprint density at radius 3 is 2.79 bits per heavy atom. The Hall–Kier alpha value is -3.32. The molecule has 28 heavy (non-hydrogen) atoms. The summed E-state index contributed by atoms with van der Waals surface area (Å²) >= 11 is 0. The van der Waals surface area contributed by atoms with Crippen LogP contribution in [-0.4, -0.2) is 54.0 Å². The van der Waals surface area contributed by atoms with Crippen molar-refractivity contribution in [2.24, 2.45) is 4.99 Å². The van der Waals surface area contributed by atoms with Gasteiger partial charge in [-0.2, -0.15) is 0 Å². The van der Waals surface area contributed by atoms with Crippen LogP contribution in [0.4, 0.5) is 5.82 Å². The first-order chi connectivity index (χ1) is 13.8. The van der Waals surface area contributed by atoms with E-state index in [1.807, 2.05) is 30.6 Å². The van der Waals surface area contributed by atoms with E-state index in [1.54, 1.807) is 12.3 Å². The number of hydrogen-bond donors (Lipinski definition) is 1. The average molecular weight is 373 g/mol. The molecule has 0 aliphatic carbocycles. The largest absolute Gasteiger partial charge is 0.378 e. The van der Waals surface area contributed by atoms with E-state index in [1.165, 1.54) is 0 Å². The summed E-state index contributed by atoms with van der Waals surface area (Å²) in [6.45, 7) is 3.58. The lowest BCUT2D eigenvalue weighted by molar-refractivity contribution is 0.122. The van der Waals surface area contributed by atoms with Gasteiger partial charge >= 0.3 is 0 Å². The third kappa shape index (κ3) is 2.99. The molecule has 0 amide bonds. The molecule has 2 aliphatic rings. The van der Waals surface area contributed by atoms with E-state index >= 15 is 0 Å². The van der Waals surface area contributed by atoms with E-state index in [0.717, 1.165) is 52.2 Å². The molecule has 1 N–H and O–H groups in total. The van der Waals surface area contributed by atoms with Crippen LogP contribution in [0.25, 0.3) is 27.6 Å². The summed E-state index contributed by atoms with van der Waals surface area (Å²) in [4.78, 5) is 30.4. The van der Waals surface area contributed by atoms with E-state index in [-0.39, 0.29) is 5.56 Å². The molecule has 1 fully saturated rings. The second-order valence-corrected chi connectivity index (χ2v) is 6.81. The van der Waals surface area contributed by atoms with Crippen LogP contribution in [0.3, 0.4) is 0 Å². The van der Waals surface area contributed by atoms with Gasteiger partial charge < -0.3 is 14.6 Å². The molecule has 5 heterocycles. The van der Waals surface area contributed by atoms with Crippen LogP contribution in [-0.2, 0) is 4.74 Å². The first kappa shape index (κ1) is 16.8. The van der Waals surface area contributed by atoms with Gasteiger partial charge in [0.1, 0.15) is 5.82 Å². The predicted octanol–water partition coefficient (Wildman–Crippen LogP) is 2.29. The number of nitrogens with one attached hydrogen (secondary N) is 1. The topological polar surface area (TPSA) is 83.5 Å². The summed E-state index contributed by atoms with van der Waals surface area (Å²) in [5.74, 6) is 0.894. The third-order valence-corrected chi connectivity index (χ3v) is 5.09. The maximum atomic E-state index is 11.5. The van der Waals surface area contributed by atoms with Crippen molar-refractivity contribution in [3.63, 3.8) is 0 Å². The van der Waals surface area contributed by atoms with Gasteiger partial charge in [0, 0.05) is 48.7 Å². The van der Waals surface area contributed by atoms with Gasteiger partial charge in [-0.3, -0.25) is 14.8 Å². The van der Waals surface area contributed by atoms with Crippen molar-refractivity contribution in [3.8, 4) is 11.1 Å². The molecule has 7 nitrogen and oxygen atoms in total. The number of H-pyrrole nitrogens is 1. The van der Waals surface area contributed by atoms with Crippen LogP contribution < -0.4 is 10.5 Å². The van der Waals surface area contributed by atoms with Gasteiger partial charge in [-0.15, -0.1) is 0 Å². The molecule has 2 aliphatic heterocycles. The monoisotopic (exact) mass is 373 g/mol. The zero-order chi connectivity index (χ0) is 18.9. The number of pyridine rings is 3. The Bertz CT molecular complexity index is 1140. The van der Waals surface area contributed by atoms with E-state index in [9.17, 15) is 4.79 Å². The van der Waals surface area contributed by atoms with Crippen LogP contribution in [0.1, 0.15) is 5.69 Å². The van der Waals surface area contributed by atoms with Gasteiger partial charge in [-0.25, -0.2) is 4.98 Å². The third-order valence-electron chi connectivity index (χ3n) is 5.09. The maximum absolute atomic E-state index is 11.5.